The molecule has 0 spiro atoms. The average Bonchev–Trinajstić information content (AvgIpc) is 2.14. The normalized spacial score (nSPS) is 33.4. The summed E-state index contributed by atoms with van der Waals surface area (Å²) in [6.45, 7) is 1.92. The summed E-state index contributed by atoms with van der Waals surface area (Å²) in [7, 11) is 1.57. The molecule has 4 nitrogen and oxygen atoms in total. The van der Waals surface area contributed by atoms with Crippen molar-refractivity contribution < 1.29 is 19.1 Å². The quantitative estimate of drug-likeness (QED) is 0.569. The molecular formula is C9H16BO4P. The largest absolute Gasteiger partial charge is 0.377 e. The molecule has 1 aliphatic heterocycles. The van der Waals surface area contributed by atoms with Crippen LogP contribution in [0.3, 0.4) is 0 Å². The molecule has 1 rings (SSSR count). The van der Waals surface area contributed by atoms with Crippen LogP contribution in [0.25, 0.3) is 0 Å². The Hall–Kier alpha value is -0.0851. The van der Waals surface area contributed by atoms with Crippen molar-refractivity contribution in [3.8, 4) is 0 Å². The summed E-state index contributed by atoms with van der Waals surface area (Å²) in [5.74, 6) is 0.911. The Balaban J connectivity index is 2.76. The van der Waals surface area contributed by atoms with Crippen molar-refractivity contribution >= 4 is 15.4 Å². The van der Waals surface area contributed by atoms with Gasteiger partial charge in [0.2, 0.25) is 0 Å². The van der Waals surface area contributed by atoms with Crippen molar-refractivity contribution in [2.45, 2.75) is 44.2 Å². The lowest BCUT2D eigenvalue weighted by Gasteiger charge is -2.38. The van der Waals surface area contributed by atoms with E-state index < -0.39 is 13.2 Å². The van der Waals surface area contributed by atoms with Crippen LogP contribution in [0.4, 0.5) is 0 Å². The highest BCUT2D eigenvalue weighted by Crippen LogP contribution is 2.40. The van der Waals surface area contributed by atoms with Gasteiger partial charge in [-0.15, -0.1) is 0 Å². The van der Waals surface area contributed by atoms with Gasteiger partial charge in [-0.2, -0.15) is 0 Å². The highest BCUT2D eigenvalue weighted by molar-refractivity contribution is 7.55. The number of hydrogen-bond acceptors (Lipinski definition) is 2. The third-order valence-corrected chi connectivity index (χ3v) is 3.18. The lowest BCUT2D eigenvalue weighted by molar-refractivity contribution is -0.0658. The number of rotatable bonds is 3. The van der Waals surface area contributed by atoms with E-state index in [0.29, 0.717) is 6.42 Å². The van der Waals surface area contributed by atoms with E-state index in [0.717, 1.165) is 25.1 Å². The second-order valence-electron chi connectivity index (χ2n) is 3.87. The number of ether oxygens (including phenoxy) is 1. The molecular weight excluding hydrogens is 214 g/mol. The predicted octanol–water partition coefficient (Wildman–Crippen LogP) is 1.52. The molecule has 0 aromatic heterocycles. The van der Waals surface area contributed by atoms with E-state index in [4.69, 9.17) is 22.4 Å². The average molecular weight is 230 g/mol. The minimum atomic E-state index is -4.11. The van der Waals surface area contributed by atoms with E-state index in [-0.39, 0.29) is 6.00 Å². The van der Waals surface area contributed by atoms with E-state index >= 15 is 0 Å². The van der Waals surface area contributed by atoms with Crippen LogP contribution in [0, 0.1) is 0 Å². The highest BCUT2D eigenvalue weighted by atomic mass is 31.2. The molecule has 2 radical (unpaired) electrons. The third kappa shape index (κ3) is 4.11. The zero-order valence-corrected chi connectivity index (χ0v) is 9.69. The van der Waals surface area contributed by atoms with Gasteiger partial charge < -0.3 is 14.5 Å². The summed E-state index contributed by atoms with van der Waals surface area (Å²) in [5.41, 5.74) is -0.598. The van der Waals surface area contributed by atoms with Gasteiger partial charge in [-0.3, -0.25) is 4.57 Å². The predicted molar refractivity (Wildman–Crippen MR) is 58.7 cm³/mol. The first-order chi connectivity index (χ1) is 6.87. The second-order valence-corrected chi connectivity index (χ2v) is 5.35. The standard InChI is InChI=1S/C9H16BO4P/c1-2-9(6-7-15(11,12)13)5-3-4-8(10)14-9/h6-8H,2-5H2,1H3,(H2,11,12,13)/b7-6+/t8?,9-/m0/s1. The molecule has 1 unspecified atom stereocenters. The molecule has 0 aromatic rings. The Morgan fingerprint density at radius 2 is 2.33 bits per heavy atom. The van der Waals surface area contributed by atoms with Crippen LogP contribution in [-0.4, -0.2) is 29.2 Å². The molecule has 1 saturated heterocycles. The van der Waals surface area contributed by atoms with Crippen LogP contribution >= 0.6 is 7.60 Å². The van der Waals surface area contributed by atoms with E-state index in [2.05, 4.69) is 0 Å². The first-order valence-corrected chi connectivity index (χ1v) is 6.74. The molecule has 1 fully saturated rings. The Bertz CT molecular complexity index is 288. The molecule has 6 heteroatoms. The zero-order chi connectivity index (χ0) is 11.5. The van der Waals surface area contributed by atoms with Gasteiger partial charge in [-0.05, 0) is 31.8 Å². The van der Waals surface area contributed by atoms with Crippen molar-refractivity contribution in [1.29, 1.82) is 0 Å². The fraction of sp³-hybridized carbons (Fsp3) is 0.778. The molecule has 84 valence electrons. The molecule has 0 aliphatic carbocycles. The number of hydrogen-bond donors (Lipinski definition) is 2. The first kappa shape index (κ1) is 13.0. The van der Waals surface area contributed by atoms with Crippen LogP contribution in [0.1, 0.15) is 32.6 Å². The Kier molecular flexibility index (Phi) is 4.18. The minimum Gasteiger partial charge on any atom is -0.377 e. The molecule has 0 saturated carbocycles. The van der Waals surface area contributed by atoms with Crippen molar-refractivity contribution in [3.05, 3.63) is 11.9 Å². The van der Waals surface area contributed by atoms with Gasteiger partial charge in [-0.1, -0.05) is 6.92 Å². The summed E-state index contributed by atoms with van der Waals surface area (Å²) >= 11 is 0. The van der Waals surface area contributed by atoms with Gasteiger partial charge in [0.05, 0.1) is 5.60 Å². The van der Waals surface area contributed by atoms with Crippen molar-refractivity contribution in [2.75, 3.05) is 0 Å². The Morgan fingerprint density at radius 3 is 2.80 bits per heavy atom. The van der Waals surface area contributed by atoms with E-state index in [1.807, 2.05) is 6.92 Å². The van der Waals surface area contributed by atoms with Crippen LogP contribution in [0.2, 0.25) is 0 Å². The topological polar surface area (TPSA) is 66.8 Å². The molecule has 0 amide bonds. The molecule has 2 N–H and O–H groups in total. The molecule has 0 bridgehead atoms. The molecule has 1 aliphatic rings. The van der Waals surface area contributed by atoms with Gasteiger partial charge in [0.15, 0.2) is 0 Å². The van der Waals surface area contributed by atoms with E-state index in [9.17, 15) is 4.57 Å². The third-order valence-electron chi connectivity index (χ3n) is 2.65. The lowest BCUT2D eigenvalue weighted by atomic mass is 9.83. The second kappa shape index (κ2) is 4.83. The van der Waals surface area contributed by atoms with Gasteiger partial charge in [-0.25, -0.2) is 0 Å². The van der Waals surface area contributed by atoms with Crippen molar-refractivity contribution in [2.24, 2.45) is 0 Å². The summed E-state index contributed by atoms with van der Waals surface area (Å²) in [6.07, 6.45) is 4.60. The molecule has 0 aromatic carbocycles. The van der Waals surface area contributed by atoms with Gasteiger partial charge in [0, 0.05) is 11.8 Å². The maximum Gasteiger partial charge on any atom is 0.348 e. The molecule has 2 atom stereocenters. The minimum absolute atomic E-state index is 0.333. The fourth-order valence-electron chi connectivity index (χ4n) is 1.76. The molecule has 1 heterocycles. The lowest BCUT2D eigenvalue weighted by Crippen LogP contribution is -2.38. The van der Waals surface area contributed by atoms with Crippen LogP contribution < -0.4 is 0 Å². The van der Waals surface area contributed by atoms with Crippen LogP contribution in [-0.2, 0) is 9.30 Å². The van der Waals surface area contributed by atoms with E-state index in [1.54, 1.807) is 0 Å². The van der Waals surface area contributed by atoms with Crippen LogP contribution in [0.5, 0.6) is 0 Å². The van der Waals surface area contributed by atoms with Crippen molar-refractivity contribution in [1.82, 2.24) is 0 Å². The van der Waals surface area contributed by atoms with Gasteiger partial charge in [0.25, 0.3) is 0 Å². The Morgan fingerprint density at radius 1 is 1.67 bits per heavy atom. The maximum absolute atomic E-state index is 10.7. The summed E-state index contributed by atoms with van der Waals surface area (Å²) < 4.78 is 16.3. The first-order valence-electron chi connectivity index (χ1n) is 5.06. The zero-order valence-electron chi connectivity index (χ0n) is 8.80. The maximum atomic E-state index is 10.7. The summed E-state index contributed by atoms with van der Waals surface area (Å²) in [5, 5.41) is 0. The molecule has 15 heavy (non-hydrogen) atoms. The fourth-order valence-corrected chi connectivity index (χ4v) is 2.22. The van der Waals surface area contributed by atoms with E-state index in [1.165, 1.54) is 6.08 Å². The summed E-state index contributed by atoms with van der Waals surface area (Å²) in [4.78, 5) is 17.5. The van der Waals surface area contributed by atoms with Crippen molar-refractivity contribution in [3.63, 3.8) is 0 Å². The summed E-state index contributed by atoms with van der Waals surface area (Å²) in [6, 6.07) is -0.333. The SMILES string of the molecule is [B]C1CCC[C@](/C=C/P(=O)(O)O)(CC)O1. The highest BCUT2D eigenvalue weighted by Gasteiger charge is 2.32. The van der Waals surface area contributed by atoms with Gasteiger partial charge >= 0.3 is 7.60 Å². The Labute approximate surface area is 91.3 Å². The van der Waals surface area contributed by atoms with Crippen LogP contribution in [0.15, 0.2) is 11.9 Å². The monoisotopic (exact) mass is 230 g/mol. The smallest absolute Gasteiger partial charge is 0.348 e. The van der Waals surface area contributed by atoms with Gasteiger partial charge in [0.1, 0.15) is 7.85 Å².